The van der Waals surface area contributed by atoms with Crippen molar-refractivity contribution in [1.29, 1.82) is 0 Å². The summed E-state index contributed by atoms with van der Waals surface area (Å²) in [5, 5.41) is 17.8. The third kappa shape index (κ3) is 6.30. The standard InChI is InChI=1S/C25H31N3O5S/c1-14(2)13-19(29)24(31)26-15(3)23(30)28-21-22(16-9-11-17(33-4)12-10-16)34-20-8-6-5-7-18(20)27-25(21)32/h5-12,14-15,19,21-22,29H,13H2,1-4H3,(H,26,31)(H,27,32)(H,28,30)/t15-,19?,21-,22+/m0/s1. The molecule has 1 unspecified atom stereocenters. The van der Waals surface area contributed by atoms with E-state index in [1.807, 2.05) is 62.4 Å². The number of fused-ring (bicyclic) bond motifs is 1. The van der Waals surface area contributed by atoms with Gasteiger partial charge in [-0.15, -0.1) is 11.8 Å². The van der Waals surface area contributed by atoms with Crippen LogP contribution in [-0.2, 0) is 14.4 Å². The Morgan fingerprint density at radius 1 is 1.09 bits per heavy atom. The Kier molecular flexibility index (Phi) is 8.57. The Morgan fingerprint density at radius 3 is 2.41 bits per heavy atom. The van der Waals surface area contributed by atoms with E-state index in [-0.39, 0.29) is 11.8 Å². The number of carbonyl (C=O) groups is 3. The van der Waals surface area contributed by atoms with Crippen LogP contribution in [0.15, 0.2) is 53.4 Å². The first-order valence-corrected chi connectivity index (χ1v) is 12.1. The van der Waals surface area contributed by atoms with E-state index >= 15 is 0 Å². The first-order valence-electron chi connectivity index (χ1n) is 11.2. The van der Waals surface area contributed by atoms with Crippen molar-refractivity contribution in [3.05, 3.63) is 54.1 Å². The number of nitrogens with one attached hydrogen (secondary N) is 3. The zero-order valence-corrected chi connectivity index (χ0v) is 20.5. The van der Waals surface area contributed by atoms with E-state index in [2.05, 4.69) is 16.0 Å². The van der Waals surface area contributed by atoms with Crippen molar-refractivity contribution < 1.29 is 24.2 Å². The van der Waals surface area contributed by atoms with E-state index in [1.165, 1.54) is 18.7 Å². The van der Waals surface area contributed by atoms with Crippen molar-refractivity contribution in [2.45, 2.75) is 55.5 Å². The molecule has 34 heavy (non-hydrogen) atoms. The van der Waals surface area contributed by atoms with E-state index in [4.69, 9.17) is 4.74 Å². The van der Waals surface area contributed by atoms with E-state index in [1.54, 1.807) is 7.11 Å². The molecule has 8 nitrogen and oxygen atoms in total. The highest BCUT2D eigenvalue weighted by atomic mass is 32.2. The lowest BCUT2D eigenvalue weighted by atomic mass is 10.0. The highest BCUT2D eigenvalue weighted by Crippen LogP contribution is 2.44. The molecule has 4 N–H and O–H groups in total. The van der Waals surface area contributed by atoms with Crippen LogP contribution in [0.5, 0.6) is 5.75 Å². The average molecular weight is 486 g/mol. The van der Waals surface area contributed by atoms with E-state index < -0.39 is 35.3 Å². The number of amides is 3. The summed E-state index contributed by atoms with van der Waals surface area (Å²) in [4.78, 5) is 39.3. The molecular weight excluding hydrogens is 454 g/mol. The van der Waals surface area contributed by atoms with Crippen molar-refractivity contribution in [3.8, 4) is 5.75 Å². The molecule has 0 spiro atoms. The van der Waals surface area contributed by atoms with Gasteiger partial charge in [0, 0.05) is 4.90 Å². The molecule has 1 aliphatic heterocycles. The lowest BCUT2D eigenvalue weighted by molar-refractivity contribution is -0.134. The molecule has 1 heterocycles. The van der Waals surface area contributed by atoms with Crippen LogP contribution in [0.3, 0.4) is 0 Å². The van der Waals surface area contributed by atoms with Gasteiger partial charge in [-0.2, -0.15) is 0 Å². The van der Waals surface area contributed by atoms with Crippen molar-refractivity contribution in [2.75, 3.05) is 12.4 Å². The lowest BCUT2D eigenvalue weighted by Gasteiger charge is -2.26. The van der Waals surface area contributed by atoms with Crippen LogP contribution in [0, 0.1) is 5.92 Å². The molecule has 0 saturated heterocycles. The summed E-state index contributed by atoms with van der Waals surface area (Å²) in [5.74, 6) is -0.678. The monoisotopic (exact) mass is 485 g/mol. The van der Waals surface area contributed by atoms with Gasteiger partial charge >= 0.3 is 0 Å². The first kappa shape index (κ1) is 25.6. The molecule has 9 heteroatoms. The summed E-state index contributed by atoms with van der Waals surface area (Å²) in [6.07, 6.45) is -0.909. The normalized spacial score (nSPS) is 19.3. The number of aliphatic hydroxyl groups excluding tert-OH is 1. The fraction of sp³-hybridized carbons (Fsp3) is 0.400. The Balaban J connectivity index is 1.82. The molecule has 1 aliphatic rings. The van der Waals surface area contributed by atoms with Crippen LogP contribution in [0.1, 0.15) is 38.0 Å². The van der Waals surface area contributed by atoms with Crippen LogP contribution < -0.4 is 20.7 Å². The fourth-order valence-corrected chi connectivity index (χ4v) is 4.93. The fourth-order valence-electron chi connectivity index (χ4n) is 3.63. The topological polar surface area (TPSA) is 117 Å². The number of thioether (sulfide) groups is 1. The second kappa shape index (κ2) is 11.4. The predicted molar refractivity (Wildman–Crippen MR) is 132 cm³/mol. The van der Waals surface area contributed by atoms with Crippen molar-refractivity contribution in [2.24, 2.45) is 5.92 Å². The number of para-hydroxylation sites is 1. The SMILES string of the molecule is COc1ccc([C@H]2Sc3ccccc3NC(=O)[C@H]2NC(=O)[C@H](C)NC(=O)C(O)CC(C)C)cc1. The molecule has 0 fully saturated rings. The molecule has 3 amide bonds. The number of benzene rings is 2. The largest absolute Gasteiger partial charge is 0.497 e. The first-order chi connectivity index (χ1) is 16.2. The minimum atomic E-state index is -1.20. The van der Waals surface area contributed by atoms with Crippen molar-refractivity contribution >= 4 is 35.2 Å². The number of ether oxygens (including phenoxy) is 1. The van der Waals surface area contributed by atoms with Gasteiger partial charge in [0.1, 0.15) is 23.9 Å². The smallest absolute Gasteiger partial charge is 0.249 e. The molecular formula is C25H31N3O5S. The van der Waals surface area contributed by atoms with Crippen molar-refractivity contribution in [1.82, 2.24) is 10.6 Å². The maximum absolute atomic E-state index is 13.2. The summed E-state index contributed by atoms with van der Waals surface area (Å²) in [6, 6.07) is 13.0. The molecule has 0 bridgehead atoms. The zero-order valence-electron chi connectivity index (χ0n) is 19.7. The minimum Gasteiger partial charge on any atom is -0.497 e. The second-order valence-corrected chi connectivity index (χ2v) is 9.84. The van der Waals surface area contributed by atoms with Gasteiger partial charge in [0.25, 0.3) is 0 Å². The highest BCUT2D eigenvalue weighted by molar-refractivity contribution is 7.99. The predicted octanol–water partition coefficient (Wildman–Crippen LogP) is 2.88. The number of methoxy groups -OCH3 is 1. The van der Waals surface area contributed by atoms with Gasteiger partial charge in [0.05, 0.1) is 18.0 Å². The third-order valence-electron chi connectivity index (χ3n) is 5.48. The van der Waals surface area contributed by atoms with Gasteiger partial charge in [0.2, 0.25) is 17.7 Å². The number of rotatable bonds is 8. The van der Waals surface area contributed by atoms with E-state index in [0.29, 0.717) is 17.9 Å². The Morgan fingerprint density at radius 2 is 1.76 bits per heavy atom. The summed E-state index contributed by atoms with van der Waals surface area (Å²) in [5.41, 5.74) is 1.51. The van der Waals surface area contributed by atoms with Gasteiger partial charge in [0.15, 0.2) is 0 Å². The molecule has 2 aromatic rings. The Labute approximate surface area is 203 Å². The van der Waals surface area contributed by atoms with E-state index in [0.717, 1.165) is 10.5 Å². The number of carbonyl (C=O) groups excluding carboxylic acids is 3. The molecule has 182 valence electrons. The van der Waals surface area contributed by atoms with E-state index in [9.17, 15) is 19.5 Å². The zero-order chi connectivity index (χ0) is 24.8. The highest BCUT2D eigenvalue weighted by Gasteiger charge is 2.36. The molecule has 3 rings (SSSR count). The molecule has 0 saturated carbocycles. The van der Waals surface area contributed by atoms with Gasteiger partial charge in [-0.05, 0) is 49.1 Å². The van der Waals surface area contributed by atoms with Crippen LogP contribution in [0.25, 0.3) is 0 Å². The van der Waals surface area contributed by atoms with Crippen LogP contribution in [-0.4, -0.2) is 48.1 Å². The summed E-state index contributed by atoms with van der Waals surface area (Å²) < 4.78 is 5.25. The molecule has 2 aromatic carbocycles. The molecule has 0 aromatic heterocycles. The number of aliphatic hydroxyl groups is 1. The lowest BCUT2D eigenvalue weighted by Crippen LogP contribution is -2.54. The summed E-state index contributed by atoms with van der Waals surface area (Å²) in [7, 11) is 1.58. The molecule has 0 radical (unpaired) electrons. The van der Waals surface area contributed by atoms with Crippen LogP contribution in [0.2, 0.25) is 0 Å². The molecule has 0 aliphatic carbocycles. The summed E-state index contributed by atoms with van der Waals surface area (Å²) >= 11 is 1.47. The van der Waals surface area contributed by atoms with Gasteiger partial charge in [-0.3, -0.25) is 14.4 Å². The Hall–Kier alpha value is -3.04. The van der Waals surface area contributed by atoms with Gasteiger partial charge < -0.3 is 25.8 Å². The number of hydrogen-bond acceptors (Lipinski definition) is 6. The average Bonchev–Trinajstić information content (AvgIpc) is 2.94. The maximum Gasteiger partial charge on any atom is 0.249 e. The number of hydrogen-bond donors (Lipinski definition) is 4. The third-order valence-corrected chi connectivity index (χ3v) is 6.88. The van der Waals surface area contributed by atoms with Crippen LogP contribution in [0.4, 0.5) is 5.69 Å². The summed E-state index contributed by atoms with van der Waals surface area (Å²) in [6.45, 7) is 5.31. The maximum atomic E-state index is 13.2. The van der Waals surface area contributed by atoms with Crippen LogP contribution >= 0.6 is 11.8 Å². The van der Waals surface area contributed by atoms with Gasteiger partial charge in [-0.1, -0.05) is 38.1 Å². The minimum absolute atomic E-state index is 0.128. The number of anilines is 1. The quantitative estimate of drug-likeness (QED) is 0.457. The van der Waals surface area contributed by atoms with Gasteiger partial charge in [-0.25, -0.2) is 0 Å². The Bertz CT molecular complexity index is 1030. The van der Waals surface area contributed by atoms with Crippen molar-refractivity contribution in [3.63, 3.8) is 0 Å². The molecule has 4 atom stereocenters. The second-order valence-electron chi connectivity index (χ2n) is 8.66.